The van der Waals surface area contributed by atoms with Crippen LogP contribution in [-0.2, 0) is 12.8 Å². The molecular weight excluding hydrogens is 901 g/mol. The van der Waals surface area contributed by atoms with E-state index in [9.17, 15) is 10.5 Å². The highest BCUT2D eigenvalue weighted by atomic mass is 32.1. The molecule has 11 heteroatoms. The molecule has 0 bridgehead atoms. The fraction of sp³-hybridized carbons (Fsp3) is 0.370. The van der Waals surface area contributed by atoms with Gasteiger partial charge < -0.3 is 18.9 Å². The highest BCUT2D eigenvalue weighted by Gasteiger charge is 2.30. The quantitative estimate of drug-likeness (QED) is 0.0852. The summed E-state index contributed by atoms with van der Waals surface area (Å²) in [6.07, 6.45) is 6.40. The summed E-state index contributed by atoms with van der Waals surface area (Å²) in [5.41, 5.74) is 10.9. The minimum Gasteiger partial charge on any atom is -0.496 e. The highest BCUT2D eigenvalue weighted by Crippen LogP contribution is 2.56. The van der Waals surface area contributed by atoms with Gasteiger partial charge in [0.1, 0.15) is 35.1 Å². The van der Waals surface area contributed by atoms with E-state index in [4.69, 9.17) is 18.9 Å². The molecular formula is C54H58N2O4S5. The summed E-state index contributed by atoms with van der Waals surface area (Å²) >= 11 is 8.85. The van der Waals surface area contributed by atoms with Gasteiger partial charge in [-0.2, -0.15) is 10.5 Å². The predicted molar refractivity (Wildman–Crippen MR) is 279 cm³/mol. The van der Waals surface area contributed by atoms with Crippen molar-refractivity contribution in [3.05, 3.63) is 93.0 Å². The molecule has 5 heterocycles. The summed E-state index contributed by atoms with van der Waals surface area (Å²) < 4.78 is 24.3. The first kappa shape index (κ1) is 48.1. The Balaban J connectivity index is 1.39. The average Bonchev–Trinajstić information content (AvgIpc) is 4.11. The molecule has 0 saturated carbocycles. The number of nitriles is 2. The Morgan fingerprint density at radius 3 is 1.15 bits per heavy atom. The highest BCUT2D eigenvalue weighted by molar-refractivity contribution is 7.30. The lowest BCUT2D eigenvalue weighted by molar-refractivity contribution is 0.242. The monoisotopic (exact) mass is 958 g/mol. The lowest BCUT2D eigenvalue weighted by atomic mass is 9.95. The van der Waals surface area contributed by atoms with Crippen molar-refractivity contribution in [1.29, 1.82) is 10.5 Å². The Hall–Kier alpha value is -4.88. The van der Waals surface area contributed by atoms with Gasteiger partial charge >= 0.3 is 0 Å². The van der Waals surface area contributed by atoms with Gasteiger partial charge in [-0.3, -0.25) is 0 Å². The van der Waals surface area contributed by atoms with Crippen LogP contribution in [0, 0.1) is 50.4 Å². The van der Waals surface area contributed by atoms with E-state index in [0.717, 1.165) is 102 Å². The first-order chi connectivity index (χ1) is 31.3. The van der Waals surface area contributed by atoms with Gasteiger partial charge in [0.05, 0.1) is 58.4 Å². The van der Waals surface area contributed by atoms with Gasteiger partial charge in [-0.05, 0) is 151 Å². The zero-order valence-corrected chi connectivity index (χ0v) is 43.7. The Bertz CT molecular complexity index is 2730. The number of unbranched alkanes of at least 4 members (excludes halogenated alkanes) is 2. The normalized spacial score (nSPS) is 11.4. The van der Waals surface area contributed by atoms with Gasteiger partial charge in [-0.15, -0.1) is 56.7 Å². The van der Waals surface area contributed by atoms with Crippen molar-refractivity contribution in [2.24, 2.45) is 0 Å². The predicted octanol–water partition coefficient (Wildman–Crippen LogP) is 17.2. The van der Waals surface area contributed by atoms with Crippen LogP contribution in [0.2, 0.25) is 0 Å². The van der Waals surface area contributed by atoms with E-state index in [0.29, 0.717) is 11.1 Å². The summed E-state index contributed by atoms with van der Waals surface area (Å²) in [5, 5.41) is 21.2. The van der Waals surface area contributed by atoms with Crippen LogP contribution in [0.3, 0.4) is 0 Å². The van der Waals surface area contributed by atoms with Crippen LogP contribution in [0.1, 0.15) is 112 Å². The third-order valence-corrected chi connectivity index (χ3v) is 18.8. The number of rotatable bonds is 18. The Kier molecular flexibility index (Phi) is 15.3. The molecule has 65 heavy (non-hydrogen) atoms. The lowest BCUT2D eigenvalue weighted by Gasteiger charge is -2.16. The first-order valence-electron chi connectivity index (χ1n) is 22.4. The molecule has 0 aliphatic rings. The molecule has 0 saturated heterocycles. The molecule has 6 nitrogen and oxygen atoms in total. The fourth-order valence-electron chi connectivity index (χ4n) is 8.24. The number of ether oxygens (including phenoxy) is 4. The second kappa shape index (κ2) is 20.7. The molecule has 0 radical (unpaired) electrons. The SMILES string of the molecule is CCCCc1c(-c2sc(-c3sc(-c4c(OC)cccc4OC(C)C)cc3C#N)c(C)c2C)sc(-c2sc(-c3sc(-c4c(OC)cccc4OC(C)C)cc3C#N)c(C)c2C)c1CCCC. The molecule has 0 unspecified atom stereocenters. The van der Waals surface area contributed by atoms with Crippen LogP contribution in [0.4, 0.5) is 0 Å². The van der Waals surface area contributed by atoms with Gasteiger partial charge in [-0.1, -0.05) is 38.8 Å². The third kappa shape index (κ3) is 9.42. The largest absolute Gasteiger partial charge is 0.496 e. The van der Waals surface area contributed by atoms with Crippen molar-refractivity contribution in [1.82, 2.24) is 0 Å². The molecule has 0 atom stereocenters. The molecule has 0 aliphatic carbocycles. The second-order valence-corrected chi connectivity index (χ2v) is 22.0. The van der Waals surface area contributed by atoms with Gasteiger partial charge in [0.25, 0.3) is 0 Å². The molecule has 0 amide bonds. The second-order valence-electron chi connectivity index (χ2n) is 16.9. The molecule has 0 aliphatic heterocycles. The number of hydrogen-bond acceptors (Lipinski definition) is 11. The topological polar surface area (TPSA) is 84.5 Å². The number of thiophene rings is 5. The van der Waals surface area contributed by atoms with E-state index >= 15 is 0 Å². The van der Waals surface area contributed by atoms with Gasteiger partial charge in [-0.25, -0.2) is 0 Å². The molecule has 5 aromatic heterocycles. The fourth-order valence-corrected chi connectivity index (χ4v) is 15.4. The van der Waals surface area contributed by atoms with Crippen molar-refractivity contribution < 1.29 is 18.9 Å². The number of nitrogens with zero attached hydrogens (tertiary/aromatic N) is 2. The molecule has 2 aromatic carbocycles. The van der Waals surface area contributed by atoms with E-state index in [1.807, 2.05) is 110 Å². The first-order valence-corrected chi connectivity index (χ1v) is 26.5. The number of methoxy groups -OCH3 is 2. The van der Waals surface area contributed by atoms with Crippen molar-refractivity contribution in [3.63, 3.8) is 0 Å². The number of benzene rings is 2. The summed E-state index contributed by atoms with van der Waals surface area (Å²) in [6, 6.07) is 20.8. The lowest BCUT2D eigenvalue weighted by Crippen LogP contribution is -2.06. The van der Waals surface area contributed by atoms with Gasteiger partial charge in [0, 0.05) is 39.0 Å². The summed E-state index contributed by atoms with van der Waals surface area (Å²) in [6.45, 7) is 21.6. The van der Waals surface area contributed by atoms with Crippen LogP contribution in [0.15, 0.2) is 48.5 Å². The molecule has 0 N–H and O–H groups in total. The van der Waals surface area contributed by atoms with Crippen molar-refractivity contribution in [2.45, 2.75) is 120 Å². The Labute approximate surface area is 405 Å². The molecule has 338 valence electrons. The van der Waals surface area contributed by atoms with E-state index in [1.165, 1.54) is 52.9 Å². The standard InChI is InChI=1S/C54H58N2O4S5/c1-13-15-19-37-38(20-16-14-2)54(50-34(10)32(8)48(64-50)52-36(28-56)26-44(62-52)46-40(58-12)22-18-24-42(46)60-30(5)6)65-53(37)49-33(9)31(7)47(63-49)51-35(27-55)25-43(61-51)45-39(57-11)21-17-23-41(45)59-29(3)4/h17-18,21-26,29-30H,13-16,19-20H2,1-12H3. The molecule has 7 rings (SSSR count). The molecule has 0 fully saturated rings. The zero-order valence-electron chi connectivity index (χ0n) is 39.6. The van der Waals surface area contributed by atoms with Gasteiger partial charge in [0.15, 0.2) is 0 Å². The minimum atomic E-state index is -0.0185. The van der Waals surface area contributed by atoms with Crippen molar-refractivity contribution in [3.8, 4) is 95.0 Å². The van der Waals surface area contributed by atoms with Crippen molar-refractivity contribution >= 4 is 56.7 Å². The maximum Gasteiger partial charge on any atom is 0.132 e. The molecule has 0 spiro atoms. The van der Waals surface area contributed by atoms with Gasteiger partial charge in [0.2, 0.25) is 0 Å². The smallest absolute Gasteiger partial charge is 0.132 e. The van der Waals surface area contributed by atoms with E-state index in [-0.39, 0.29) is 12.2 Å². The van der Waals surface area contributed by atoms with Crippen LogP contribution < -0.4 is 18.9 Å². The van der Waals surface area contributed by atoms with E-state index in [1.54, 1.807) is 36.9 Å². The van der Waals surface area contributed by atoms with E-state index < -0.39 is 0 Å². The van der Waals surface area contributed by atoms with Crippen LogP contribution in [-0.4, -0.2) is 26.4 Å². The maximum absolute atomic E-state index is 10.6. The Morgan fingerprint density at radius 1 is 0.492 bits per heavy atom. The Morgan fingerprint density at radius 2 is 0.831 bits per heavy atom. The van der Waals surface area contributed by atoms with Crippen LogP contribution >= 0.6 is 56.7 Å². The average molecular weight is 959 g/mol. The minimum absolute atomic E-state index is 0.0185. The van der Waals surface area contributed by atoms with E-state index in [2.05, 4.69) is 53.7 Å². The molecule has 7 aromatic rings. The van der Waals surface area contributed by atoms with Crippen LogP contribution in [0.25, 0.3) is 59.9 Å². The van der Waals surface area contributed by atoms with Crippen LogP contribution in [0.5, 0.6) is 23.0 Å². The summed E-state index contributed by atoms with van der Waals surface area (Å²) in [4.78, 5) is 11.4. The van der Waals surface area contributed by atoms with Crippen molar-refractivity contribution in [2.75, 3.05) is 14.2 Å². The zero-order chi connectivity index (χ0) is 46.7. The third-order valence-electron chi connectivity index (χ3n) is 11.7. The summed E-state index contributed by atoms with van der Waals surface area (Å²) in [5.74, 6) is 2.93. The summed E-state index contributed by atoms with van der Waals surface area (Å²) in [7, 11) is 3.36. The maximum atomic E-state index is 10.6. The number of hydrogen-bond donors (Lipinski definition) is 0.